The van der Waals surface area contributed by atoms with Gasteiger partial charge in [0.15, 0.2) is 0 Å². The molecule has 1 unspecified atom stereocenters. The van der Waals surface area contributed by atoms with Gasteiger partial charge in [0.05, 0.1) is 0 Å². The normalized spacial score (nSPS) is 13.3. The van der Waals surface area contributed by atoms with Gasteiger partial charge in [-0.1, -0.05) is 32.0 Å². The van der Waals surface area contributed by atoms with E-state index in [1.54, 1.807) is 7.11 Å². The Kier molecular flexibility index (Phi) is 3.67. The average Bonchev–Trinajstić information content (AvgIpc) is 2.17. The summed E-state index contributed by atoms with van der Waals surface area (Å²) in [5.41, 5.74) is 9.41. The van der Waals surface area contributed by atoms with Crippen LogP contribution in [0.5, 0.6) is 0 Å². The molecule has 0 saturated heterocycles. The van der Waals surface area contributed by atoms with E-state index in [0.29, 0.717) is 5.92 Å². The van der Waals surface area contributed by atoms with E-state index in [4.69, 9.17) is 10.5 Å². The van der Waals surface area contributed by atoms with Crippen molar-refractivity contribution in [2.24, 2.45) is 5.73 Å². The zero-order valence-electron chi connectivity index (χ0n) is 9.37. The van der Waals surface area contributed by atoms with E-state index in [1.165, 1.54) is 11.1 Å². The van der Waals surface area contributed by atoms with Gasteiger partial charge in [-0.05, 0) is 29.5 Å². The highest BCUT2D eigenvalue weighted by Crippen LogP contribution is 2.22. The smallest absolute Gasteiger partial charge is 0.131 e. The Morgan fingerprint density at radius 2 is 1.93 bits per heavy atom. The summed E-state index contributed by atoms with van der Waals surface area (Å²) < 4.78 is 5.13. The van der Waals surface area contributed by atoms with Crippen LogP contribution in [0.2, 0.25) is 0 Å². The Labute approximate surface area is 86.1 Å². The predicted octanol–water partition coefficient (Wildman–Crippen LogP) is 2.72. The third-order valence-corrected chi connectivity index (χ3v) is 2.53. The second-order valence-corrected chi connectivity index (χ2v) is 3.93. The van der Waals surface area contributed by atoms with Gasteiger partial charge in [-0.25, -0.2) is 0 Å². The van der Waals surface area contributed by atoms with Crippen LogP contribution in [0.25, 0.3) is 0 Å². The molecule has 1 atom stereocenters. The van der Waals surface area contributed by atoms with Crippen LogP contribution in [0, 0.1) is 6.92 Å². The Balaban J connectivity index is 3.08. The van der Waals surface area contributed by atoms with Gasteiger partial charge in [0.25, 0.3) is 0 Å². The van der Waals surface area contributed by atoms with Gasteiger partial charge in [-0.3, -0.25) is 0 Å². The highest BCUT2D eigenvalue weighted by Gasteiger charge is 2.09. The van der Waals surface area contributed by atoms with Gasteiger partial charge in [0.1, 0.15) is 6.23 Å². The van der Waals surface area contributed by atoms with Crippen molar-refractivity contribution in [3.8, 4) is 0 Å². The fourth-order valence-electron chi connectivity index (χ4n) is 1.45. The molecule has 0 aromatic heterocycles. The van der Waals surface area contributed by atoms with Crippen molar-refractivity contribution in [3.05, 3.63) is 34.9 Å². The Morgan fingerprint density at radius 3 is 2.43 bits per heavy atom. The molecule has 0 spiro atoms. The largest absolute Gasteiger partial charge is 0.363 e. The average molecular weight is 193 g/mol. The van der Waals surface area contributed by atoms with Gasteiger partial charge in [-0.15, -0.1) is 0 Å². The number of hydrogen-bond donors (Lipinski definition) is 1. The predicted molar refractivity (Wildman–Crippen MR) is 59.2 cm³/mol. The van der Waals surface area contributed by atoms with Crippen LogP contribution in [0.15, 0.2) is 18.2 Å². The van der Waals surface area contributed by atoms with Crippen LogP contribution < -0.4 is 5.73 Å². The summed E-state index contributed by atoms with van der Waals surface area (Å²) in [4.78, 5) is 0. The van der Waals surface area contributed by atoms with Crippen LogP contribution in [0.1, 0.15) is 42.7 Å². The van der Waals surface area contributed by atoms with Crippen LogP contribution in [0.3, 0.4) is 0 Å². The Bertz CT molecular complexity index is 307. The standard InChI is InChI=1S/C12H19NO/c1-8(2)10-6-5-9(3)11(7-10)12(13)14-4/h5-8,12H,13H2,1-4H3. The van der Waals surface area contributed by atoms with E-state index in [-0.39, 0.29) is 6.23 Å². The quantitative estimate of drug-likeness (QED) is 0.749. The van der Waals surface area contributed by atoms with Gasteiger partial charge in [0, 0.05) is 7.11 Å². The molecule has 0 aliphatic rings. The molecule has 0 saturated carbocycles. The molecule has 0 fully saturated rings. The first kappa shape index (κ1) is 11.2. The van der Waals surface area contributed by atoms with Crippen molar-refractivity contribution in [1.82, 2.24) is 0 Å². The molecule has 2 nitrogen and oxygen atoms in total. The summed E-state index contributed by atoms with van der Waals surface area (Å²) in [5.74, 6) is 0.526. The first-order valence-electron chi connectivity index (χ1n) is 4.95. The van der Waals surface area contributed by atoms with E-state index in [0.717, 1.165) is 5.56 Å². The van der Waals surface area contributed by atoms with E-state index in [9.17, 15) is 0 Å². The molecule has 1 aromatic rings. The molecule has 78 valence electrons. The SMILES string of the molecule is COC(N)c1cc(C(C)C)ccc1C. The molecule has 0 amide bonds. The topological polar surface area (TPSA) is 35.2 Å². The maximum atomic E-state index is 5.84. The minimum absolute atomic E-state index is 0.311. The maximum absolute atomic E-state index is 5.84. The molecule has 1 aromatic carbocycles. The summed E-state index contributed by atoms with van der Waals surface area (Å²) in [7, 11) is 1.63. The monoisotopic (exact) mass is 193 g/mol. The van der Waals surface area contributed by atoms with Crippen molar-refractivity contribution in [2.75, 3.05) is 7.11 Å². The molecule has 2 heteroatoms. The second-order valence-electron chi connectivity index (χ2n) is 3.93. The van der Waals surface area contributed by atoms with Crippen molar-refractivity contribution in [1.29, 1.82) is 0 Å². The van der Waals surface area contributed by atoms with Gasteiger partial charge in [-0.2, -0.15) is 0 Å². The third-order valence-electron chi connectivity index (χ3n) is 2.53. The lowest BCUT2D eigenvalue weighted by molar-refractivity contribution is 0.109. The van der Waals surface area contributed by atoms with E-state index in [2.05, 4.69) is 39.0 Å². The lowest BCUT2D eigenvalue weighted by Gasteiger charge is -2.15. The maximum Gasteiger partial charge on any atom is 0.131 e. The number of nitrogens with two attached hydrogens (primary N) is 1. The highest BCUT2D eigenvalue weighted by molar-refractivity contribution is 5.33. The summed E-state index contributed by atoms with van der Waals surface area (Å²) in [5, 5.41) is 0. The van der Waals surface area contributed by atoms with Crippen LogP contribution >= 0.6 is 0 Å². The van der Waals surface area contributed by atoms with Gasteiger partial charge in [0.2, 0.25) is 0 Å². The van der Waals surface area contributed by atoms with Gasteiger partial charge >= 0.3 is 0 Å². The van der Waals surface area contributed by atoms with Crippen molar-refractivity contribution in [3.63, 3.8) is 0 Å². The van der Waals surface area contributed by atoms with Gasteiger partial charge < -0.3 is 10.5 Å². The summed E-state index contributed by atoms with van der Waals surface area (Å²) in [6.45, 7) is 6.40. The number of aryl methyl sites for hydroxylation is 1. The fourth-order valence-corrected chi connectivity index (χ4v) is 1.45. The van der Waals surface area contributed by atoms with E-state index >= 15 is 0 Å². The molecular formula is C12H19NO. The summed E-state index contributed by atoms with van der Waals surface area (Å²) in [6.07, 6.45) is -0.311. The van der Waals surface area contributed by atoms with E-state index < -0.39 is 0 Å². The first-order chi connectivity index (χ1) is 6.56. The molecule has 0 radical (unpaired) electrons. The number of rotatable bonds is 3. The molecule has 14 heavy (non-hydrogen) atoms. The number of ether oxygens (including phenoxy) is 1. The van der Waals surface area contributed by atoms with Crippen molar-refractivity contribution >= 4 is 0 Å². The van der Waals surface area contributed by atoms with E-state index in [1.807, 2.05) is 0 Å². The lowest BCUT2D eigenvalue weighted by Crippen LogP contribution is -2.14. The van der Waals surface area contributed by atoms with Crippen molar-refractivity contribution < 1.29 is 4.74 Å². The van der Waals surface area contributed by atoms with Crippen LogP contribution in [-0.4, -0.2) is 7.11 Å². The Morgan fingerprint density at radius 1 is 1.29 bits per heavy atom. The molecule has 0 aliphatic heterocycles. The zero-order valence-corrected chi connectivity index (χ0v) is 9.37. The third kappa shape index (κ3) is 2.34. The van der Waals surface area contributed by atoms with Crippen LogP contribution in [-0.2, 0) is 4.74 Å². The highest BCUT2D eigenvalue weighted by atomic mass is 16.5. The number of hydrogen-bond acceptors (Lipinski definition) is 2. The second kappa shape index (κ2) is 4.58. The minimum Gasteiger partial charge on any atom is -0.363 e. The summed E-state index contributed by atoms with van der Waals surface area (Å²) in [6, 6.07) is 6.38. The zero-order chi connectivity index (χ0) is 10.7. The molecular weight excluding hydrogens is 174 g/mol. The number of benzene rings is 1. The molecule has 0 bridgehead atoms. The van der Waals surface area contributed by atoms with Crippen molar-refractivity contribution in [2.45, 2.75) is 32.9 Å². The molecule has 1 rings (SSSR count). The molecule has 0 heterocycles. The Hall–Kier alpha value is -0.860. The molecule has 0 aliphatic carbocycles. The first-order valence-corrected chi connectivity index (χ1v) is 4.95. The lowest BCUT2D eigenvalue weighted by atomic mass is 9.97. The summed E-state index contributed by atoms with van der Waals surface area (Å²) >= 11 is 0. The molecule has 2 N–H and O–H groups in total. The minimum atomic E-state index is -0.311. The fraction of sp³-hybridized carbons (Fsp3) is 0.500. The van der Waals surface area contributed by atoms with Crippen LogP contribution in [0.4, 0.5) is 0 Å². The number of methoxy groups -OCH3 is 1.